The van der Waals surface area contributed by atoms with Gasteiger partial charge in [0.1, 0.15) is 22.8 Å². The van der Waals surface area contributed by atoms with Crippen LogP contribution in [0.4, 0.5) is 8.78 Å². The number of hydroxylamine groups is 2. The Morgan fingerprint density at radius 1 is 1.16 bits per heavy atom. The Hall–Kier alpha value is -4.29. The van der Waals surface area contributed by atoms with Crippen molar-refractivity contribution in [2.24, 2.45) is 0 Å². The van der Waals surface area contributed by atoms with Crippen LogP contribution in [0.1, 0.15) is 69.8 Å². The minimum absolute atomic E-state index is 0.0418. The van der Waals surface area contributed by atoms with Gasteiger partial charge in [0, 0.05) is 35.9 Å². The lowest BCUT2D eigenvalue weighted by Gasteiger charge is -2.42. The van der Waals surface area contributed by atoms with Crippen LogP contribution in [0.25, 0.3) is 0 Å². The lowest BCUT2D eigenvalue weighted by atomic mass is 9.85. The number of aromatic hydroxyl groups is 1. The van der Waals surface area contributed by atoms with Crippen LogP contribution in [-0.2, 0) is 22.7 Å². The van der Waals surface area contributed by atoms with Crippen molar-refractivity contribution < 1.29 is 33.1 Å². The summed E-state index contributed by atoms with van der Waals surface area (Å²) in [7, 11) is 0. The molecule has 4 heterocycles. The Kier molecular flexibility index (Phi) is 7.45. The molecule has 3 amide bonds. The van der Waals surface area contributed by atoms with Crippen molar-refractivity contribution in [3.05, 3.63) is 97.4 Å². The first-order chi connectivity index (χ1) is 20.9. The molecule has 3 aliphatic heterocycles. The standard InChI is InChI=1S/C31H29ClF2N4O6/c1-16-9-22(33)20(23(34)10-16)12-35-29(42)21-14-37-24-15-36(30(43)26(37)28(41)27(21)40)17(2)7-8-31(24)11-25(39)38(44-31)13-18-3-5-19(32)6-4-18/h3-6,9-10,14,17,24,41H,7-8,11-13,15H2,1-2H3,(H,35,42)/t17-,24+,31-/m0/s1. The van der Waals surface area contributed by atoms with Gasteiger partial charge in [-0.05, 0) is 62.1 Å². The third-order valence-corrected chi connectivity index (χ3v) is 8.97. The fraction of sp³-hybridized carbons (Fsp3) is 0.355. The van der Waals surface area contributed by atoms with Crippen molar-refractivity contribution in [1.29, 1.82) is 0 Å². The van der Waals surface area contributed by atoms with Crippen molar-refractivity contribution in [2.45, 2.75) is 63.9 Å². The lowest BCUT2D eigenvalue weighted by molar-refractivity contribution is -0.218. The highest BCUT2D eigenvalue weighted by molar-refractivity contribution is 6.30. The van der Waals surface area contributed by atoms with Gasteiger partial charge in [-0.25, -0.2) is 13.8 Å². The van der Waals surface area contributed by atoms with Crippen LogP contribution in [0.5, 0.6) is 5.75 Å². The van der Waals surface area contributed by atoms with Gasteiger partial charge in [0.05, 0.1) is 19.0 Å². The second-order valence-corrected chi connectivity index (χ2v) is 12.1. The maximum absolute atomic E-state index is 14.4. The summed E-state index contributed by atoms with van der Waals surface area (Å²) in [5.74, 6) is -4.54. The molecule has 1 aromatic heterocycles. The molecule has 3 aromatic rings. The van der Waals surface area contributed by atoms with Crippen LogP contribution in [0.15, 0.2) is 47.4 Å². The van der Waals surface area contributed by atoms with Gasteiger partial charge in [-0.3, -0.25) is 24.0 Å². The maximum atomic E-state index is 14.4. The molecule has 2 bridgehead atoms. The fourth-order valence-corrected chi connectivity index (χ4v) is 6.43. The van der Waals surface area contributed by atoms with Crippen LogP contribution in [0.2, 0.25) is 5.02 Å². The molecule has 3 atom stereocenters. The topological polar surface area (TPSA) is 121 Å². The number of nitrogens with one attached hydrogen (secondary N) is 1. The highest BCUT2D eigenvalue weighted by atomic mass is 35.5. The molecule has 2 aromatic carbocycles. The van der Waals surface area contributed by atoms with E-state index in [9.17, 15) is 33.1 Å². The number of halogens is 3. The number of aromatic nitrogens is 1. The predicted octanol–water partition coefficient (Wildman–Crippen LogP) is 4.01. The molecule has 2 saturated heterocycles. The molecule has 1 spiro atoms. The number of aryl methyl sites for hydroxylation is 1. The van der Waals surface area contributed by atoms with Crippen molar-refractivity contribution in [3.8, 4) is 5.75 Å². The van der Waals surface area contributed by atoms with E-state index < -0.39 is 63.9 Å². The van der Waals surface area contributed by atoms with Crippen LogP contribution in [-0.4, -0.2) is 55.5 Å². The molecule has 0 aliphatic carbocycles. The monoisotopic (exact) mass is 626 g/mol. The summed E-state index contributed by atoms with van der Waals surface area (Å²) < 4.78 is 30.1. The van der Waals surface area contributed by atoms with Gasteiger partial charge < -0.3 is 19.9 Å². The number of amides is 3. The molecule has 2 fully saturated rings. The number of carbonyl (C=O) groups is 3. The Labute approximate surface area is 255 Å². The average Bonchev–Trinajstić information content (AvgIpc) is 3.22. The van der Waals surface area contributed by atoms with E-state index in [0.717, 1.165) is 23.9 Å². The van der Waals surface area contributed by atoms with Crippen LogP contribution < -0.4 is 10.7 Å². The minimum atomic E-state index is -1.16. The van der Waals surface area contributed by atoms with Crippen LogP contribution >= 0.6 is 11.6 Å². The Bertz CT molecular complexity index is 1740. The molecule has 230 valence electrons. The van der Waals surface area contributed by atoms with Crippen molar-refractivity contribution >= 4 is 29.3 Å². The Balaban J connectivity index is 1.36. The maximum Gasteiger partial charge on any atom is 0.274 e. The molecule has 2 N–H and O–H groups in total. The summed E-state index contributed by atoms with van der Waals surface area (Å²) in [6, 6.07) is 8.14. The third kappa shape index (κ3) is 5.01. The number of fused-ring (bicyclic) bond motifs is 5. The van der Waals surface area contributed by atoms with E-state index in [0.29, 0.717) is 23.4 Å². The molecule has 44 heavy (non-hydrogen) atoms. The van der Waals surface area contributed by atoms with E-state index in [-0.39, 0.29) is 37.2 Å². The highest BCUT2D eigenvalue weighted by Crippen LogP contribution is 2.47. The molecule has 6 rings (SSSR count). The van der Waals surface area contributed by atoms with Crippen LogP contribution in [0, 0.1) is 18.6 Å². The zero-order chi connectivity index (χ0) is 31.5. The largest absolute Gasteiger partial charge is 0.503 e. The van der Waals surface area contributed by atoms with E-state index in [2.05, 4.69) is 5.32 Å². The third-order valence-electron chi connectivity index (χ3n) is 8.72. The molecule has 0 unspecified atom stereocenters. The van der Waals surface area contributed by atoms with Gasteiger partial charge >= 0.3 is 0 Å². The van der Waals surface area contributed by atoms with Crippen molar-refractivity contribution in [1.82, 2.24) is 19.8 Å². The van der Waals surface area contributed by atoms with Gasteiger partial charge in [-0.15, -0.1) is 0 Å². The van der Waals surface area contributed by atoms with Crippen LogP contribution in [0.3, 0.4) is 0 Å². The fourth-order valence-electron chi connectivity index (χ4n) is 6.31. The van der Waals surface area contributed by atoms with Gasteiger partial charge in [0.15, 0.2) is 11.4 Å². The lowest BCUT2D eigenvalue weighted by Crippen LogP contribution is -2.52. The second-order valence-electron chi connectivity index (χ2n) is 11.6. The van der Waals surface area contributed by atoms with Crippen molar-refractivity contribution in [3.63, 3.8) is 0 Å². The predicted molar refractivity (Wildman–Crippen MR) is 154 cm³/mol. The normalized spacial score (nSPS) is 22.8. The number of nitrogens with zero attached hydrogens (tertiary/aromatic N) is 3. The summed E-state index contributed by atoms with van der Waals surface area (Å²) >= 11 is 6.00. The van der Waals surface area contributed by atoms with Crippen molar-refractivity contribution in [2.75, 3.05) is 6.54 Å². The number of benzene rings is 2. The minimum Gasteiger partial charge on any atom is -0.503 e. The Morgan fingerprint density at radius 2 is 1.84 bits per heavy atom. The van der Waals surface area contributed by atoms with E-state index in [1.165, 1.54) is 21.5 Å². The van der Waals surface area contributed by atoms with E-state index in [4.69, 9.17) is 16.4 Å². The number of carbonyl (C=O) groups excluding carboxylic acids is 3. The molecule has 0 radical (unpaired) electrons. The summed E-state index contributed by atoms with van der Waals surface area (Å²) in [6.45, 7) is 3.04. The quantitative estimate of drug-likeness (QED) is 0.442. The van der Waals surface area contributed by atoms with Gasteiger partial charge in [0.2, 0.25) is 11.3 Å². The second kappa shape index (κ2) is 11.0. The van der Waals surface area contributed by atoms with Gasteiger partial charge in [-0.2, -0.15) is 0 Å². The van der Waals surface area contributed by atoms with Gasteiger partial charge in [0.25, 0.3) is 11.8 Å². The smallest absolute Gasteiger partial charge is 0.274 e. The first kappa shape index (κ1) is 29.8. The molecular formula is C31H29ClF2N4O6. The van der Waals surface area contributed by atoms with Gasteiger partial charge in [-0.1, -0.05) is 23.7 Å². The Morgan fingerprint density at radius 3 is 2.52 bits per heavy atom. The number of pyridine rings is 1. The molecule has 13 heteroatoms. The van der Waals surface area contributed by atoms with E-state index in [1.54, 1.807) is 24.3 Å². The zero-order valence-electron chi connectivity index (χ0n) is 23.9. The SMILES string of the molecule is Cc1cc(F)c(CNC(=O)c2cn3c(c(O)c2=O)C(=O)N2C[C@@H]3[C@]3(CC[C@@H]2C)CC(=O)N(Cc2ccc(Cl)cc2)O3)c(F)c1. The summed E-state index contributed by atoms with van der Waals surface area (Å²) in [5.41, 5.74) is -2.38. The highest BCUT2D eigenvalue weighted by Gasteiger charge is 2.56. The van der Waals surface area contributed by atoms with E-state index in [1.807, 2.05) is 6.92 Å². The number of hydrogen-bond donors (Lipinski definition) is 2. The summed E-state index contributed by atoms with van der Waals surface area (Å²) in [5, 5.41) is 15.2. The first-order valence-corrected chi connectivity index (χ1v) is 14.5. The number of rotatable bonds is 5. The summed E-state index contributed by atoms with van der Waals surface area (Å²) in [4.78, 5) is 61.2. The number of hydrogen-bond acceptors (Lipinski definition) is 6. The molecular weight excluding hydrogens is 598 g/mol. The molecule has 0 saturated carbocycles. The zero-order valence-corrected chi connectivity index (χ0v) is 24.7. The average molecular weight is 627 g/mol. The first-order valence-electron chi connectivity index (χ1n) is 14.1. The molecule has 10 nitrogen and oxygen atoms in total. The van der Waals surface area contributed by atoms with E-state index >= 15 is 0 Å². The molecule has 3 aliphatic rings. The summed E-state index contributed by atoms with van der Waals surface area (Å²) in [6.07, 6.45) is 1.96.